The van der Waals surface area contributed by atoms with E-state index in [0.29, 0.717) is 24.8 Å². The fraction of sp³-hybridized carbons (Fsp3) is 0.433. The molecule has 4 heterocycles. The van der Waals surface area contributed by atoms with Gasteiger partial charge in [0.25, 0.3) is 5.56 Å². The van der Waals surface area contributed by atoms with Crippen molar-refractivity contribution in [3.05, 3.63) is 64.7 Å². The SMILES string of the molecule is COc1ccc(-c2c(C)n(COCC[Si](C)(C)C)c3c(N4CCCCC4)c(-c4ccccc4)nn3c2=O)cn1. The van der Waals surface area contributed by atoms with Gasteiger partial charge in [0.15, 0.2) is 5.65 Å². The molecule has 0 spiro atoms. The second-order valence-electron chi connectivity index (χ2n) is 11.5. The van der Waals surface area contributed by atoms with Crippen LogP contribution >= 0.6 is 0 Å². The van der Waals surface area contributed by atoms with Gasteiger partial charge in [-0.05, 0) is 38.3 Å². The molecule has 0 bridgehead atoms. The summed E-state index contributed by atoms with van der Waals surface area (Å²) in [7, 11) is 0.332. The van der Waals surface area contributed by atoms with Gasteiger partial charge < -0.3 is 18.9 Å². The molecule has 0 amide bonds. The molecule has 1 aliphatic rings. The lowest BCUT2D eigenvalue weighted by molar-refractivity contribution is 0.0878. The zero-order valence-corrected chi connectivity index (χ0v) is 24.7. The van der Waals surface area contributed by atoms with E-state index in [-0.39, 0.29) is 5.56 Å². The molecular formula is C30H39N5O3Si. The Morgan fingerprint density at radius 2 is 1.72 bits per heavy atom. The van der Waals surface area contributed by atoms with Gasteiger partial charge in [-0.1, -0.05) is 50.0 Å². The summed E-state index contributed by atoms with van der Waals surface area (Å²) < 4.78 is 15.3. The van der Waals surface area contributed by atoms with Crippen molar-refractivity contribution in [2.45, 2.75) is 58.6 Å². The number of hydrogen-bond acceptors (Lipinski definition) is 6. The average Bonchev–Trinajstić information content (AvgIpc) is 3.34. The van der Waals surface area contributed by atoms with Gasteiger partial charge in [0.1, 0.15) is 18.1 Å². The number of aromatic nitrogens is 4. The van der Waals surface area contributed by atoms with Gasteiger partial charge in [-0.25, -0.2) is 4.98 Å². The molecule has 5 rings (SSSR count). The highest BCUT2D eigenvalue weighted by Gasteiger charge is 2.28. The number of anilines is 1. The Morgan fingerprint density at radius 1 is 0.974 bits per heavy atom. The van der Waals surface area contributed by atoms with Gasteiger partial charge in [-0.15, -0.1) is 0 Å². The minimum Gasteiger partial charge on any atom is -0.481 e. The highest BCUT2D eigenvalue weighted by Crippen LogP contribution is 2.37. The van der Waals surface area contributed by atoms with Crippen LogP contribution in [-0.4, -0.2) is 54.0 Å². The molecule has 0 unspecified atom stereocenters. The van der Waals surface area contributed by atoms with E-state index in [1.807, 2.05) is 31.2 Å². The van der Waals surface area contributed by atoms with E-state index in [4.69, 9.17) is 14.6 Å². The van der Waals surface area contributed by atoms with Crippen molar-refractivity contribution in [3.63, 3.8) is 0 Å². The van der Waals surface area contributed by atoms with Crippen molar-refractivity contribution < 1.29 is 9.47 Å². The highest BCUT2D eigenvalue weighted by molar-refractivity contribution is 6.76. The zero-order chi connectivity index (χ0) is 27.6. The smallest absolute Gasteiger partial charge is 0.282 e. The van der Waals surface area contributed by atoms with E-state index in [1.165, 1.54) is 6.42 Å². The quantitative estimate of drug-likeness (QED) is 0.194. The third-order valence-corrected chi connectivity index (χ3v) is 9.14. The summed E-state index contributed by atoms with van der Waals surface area (Å²) in [5, 5.41) is 4.99. The lowest BCUT2D eigenvalue weighted by Crippen LogP contribution is -2.31. The van der Waals surface area contributed by atoms with Crippen LogP contribution in [0.15, 0.2) is 53.5 Å². The van der Waals surface area contributed by atoms with Gasteiger partial charge in [0.2, 0.25) is 5.88 Å². The van der Waals surface area contributed by atoms with Gasteiger partial charge in [-0.2, -0.15) is 9.61 Å². The Bertz CT molecular complexity index is 1480. The Hall–Kier alpha value is -3.43. The largest absolute Gasteiger partial charge is 0.481 e. The highest BCUT2D eigenvalue weighted by atomic mass is 28.3. The number of hydrogen-bond donors (Lipinski definition) is 0. The third-order valence-electron chi connectivity index (χ3n) is 7.44. The van der Waals surface area contributed by atoms with Crippen molar-refractivity contribution in [3.8, 4) is 28.3 Å². The third kappa shape index (κ3) is 5.65. The van der Waals surface area contributed by atoms with Crippen LogP contribution in [0.4, 0.5) is 5.69 Å². The molecule has 1 aromatic carbocycles. The van der Waals surface area contributed by atoms with Gasteiger partial charge >= 0.3 is 0 Å². The maximum Gasteiger partial charge on any atom is 0.282 e. The van der Waals surface area contributed by atoms with Gasteiger partial charge in [0, 0.05) is 56.9 Å². The van der Waals surface area contributed by atoms with Crippen molar-refractivity contribution in [1.82, 2.24) is 19.2 Å². The maximum absolute atomic E-state index is 14.2. The van der Waals surface area contributed by atoms with Crippen molar-refractivity contribution in [2.24, 2.45) is 0 Å². The zero-order valence-electron chi connectivity index (χ0n) is 23.7. The Balaban J connectivity index is 1.75. The molecule has 1 saturated heterocycles. The van der Waals surface area contributed by atoms with E-state index >= 15 is 0 Å². The van der Waals surface area contributed by atoms with E-state index in [1.54, 1.807) is 23.9 Å². The molecule has 4 aromatic rings. The van der Waals surface area contributed by atoms with Crippen molar-refractivity contribution >= 4 is 19.4 Å². The summed E-state index contributed by atoms with van der Waals surface area (Å²) in [6, 6.07) is 14.9. The number of nitrogens with zero attached hydrogens (tertiary/aromatic N) is 5. The predicted molar refractivity (Wildman–Crippen MR) is 160 cm³/mol. The topological polar surface area (TPSA) is 73.9 Å². The summed E-state index contributed by atoms with van der Waals surface area (Å²) in [6.07, 6.45) is 5.16. The van der Waals surface area contributed by atoms with E-state index < -0.39 is 8.07 Å². The number of piperidine rings is 1. The summed E-state index contributed by atoms with van der Waals surface area (Å²) in [5.74, 6) is 0.505. The molecule has 206 valence electrons. The van der Waals surface area contributed by atoms with E-state index in [9.17, 15) is 4.79 Å². The molecule has 39 heavy (non-hydrogen) atoms. The van der Waals surface area contributed by atoms with Crippen LogP contribution in [0, 0.1) is 6.92 Å². The first-order valence-corrected chi connectivity index (χ1v) is 17.5. The van der Waals surface area contributed by atoms with Crippen LogP contribution < -0.4 is 15.2 Å². The molecule has 0 N–H and O–H groups in total. The number of ether oxygens (including phenoxy) is 2. The number of rotatable bonds is 9. The monoisotopic (exact) mass is 545 g/mol. The first-order chi connectivity index (χ1) is 18.8. The van der Waals surface area contributed by atoms with Gasteiger partial charge in [-0.3, -0.25) is 4.79 Å². The summed E-state index contributed by atoms with van der Waals surface area (Å²) in [6.45, 7) is 12.0. The van der Waals surface area contributed by atoms with E-state index in [2.05, 4.69) is 46.2 Å². The lowest BCUT2D eigenvalue weighted by atomic mass is 10.1. The number of fused-ring (bicyclic) bond motifs is 1. The molecular weight excluding hydrogens is 506 g/mol. The average molecular weight is 546 g/mol. The van der Waals surface area contributed by atoms with Crippen LogP contribution in [0.3, 0.4) is 0 Å². The molecule has 3 aromatic heterocycles. The molecule has 9 heteroatoms. The minimum atomic E-state index is -1.25. The van der Waals surface area contributed by atoms with Crippen LogP contribution in [0.1, 0.15) is 25.0 Å². The summed E-state index contributed by atoms with van der Waals surface area (Å²) in [4.78, 5) is 21.0. The normalized spacial score (nSPS) is 14.2. The summed E-state index contributed by atoms with van der Waals surface area (Å²) in [5.41, 5.74) is 5.60. The Morgan fingerprint density at radius 3 is 2.36 bits per heavy atom. The second-order valence-corrected chi connectivity index (χ2v) is 17.1. The molecule has 1 aliphatic heterocycles. The number of methoxy groups -OCH3 is 1. The van der Waals surface area contributed by atoms with Crippen LogP contribution in [0.5, 0.6) is 5.88 Å². The first-order valence-electron chi connectivity index (χ1n) is 13.8. The van der Waals surface area contributed by atoms with Gasteiger partial charge in [0.05, 0.1) is 12.7 Å². The molecule has 0 aliphatic carbocycles. The first kappa shape index (κ1) is 27.1. The Labute approximate surface area is 231 Å². The fourth-order valence-corrected chi connectivity index (χ4v) is 5.97. The molecule has 1 fully saturated rings. The standard InChI is InChI=1S/C30H39N5O3Si/c1-22-26(24-14-15-25(37-2)31-20-24)30(36)35-29(34(22)21-38-18-19-39(3,4)5)28(33-16-10-7-11-17-33)27(32-35)23-12-8-6-9-13-23/h6,8-9,12-15,20H,7,10-11,16-19,21H2,1-5H3. The fourth-order valence-electron chi connectivity index (χ4n) is 5.21. The lowest BCUT2D eigenvalue weighted by Gasteiger charge is -2.29. The molecule has 0 atom stereocenters. The molecule has 0 saturated carbocycles. The number of pyridine rings is 1. The van der Waals surface area contributed by atoms with Crippen molar-refractivity contribution in [1.29, 1.82) is 0 Å². The minimum absolute atomic E-state index is 0.159. The summed E-state index contributed by atoms with van der Waals surface area (Å²) >= 11 is 0. The maximum atomic E-state index is 14.2. The van der Waals surface area contributed by atoms with Crippen molar-refractivity contribution in [2.75, 3.05) is 31.7 Å². The van der Waals surface area contributed by atoms with E-state index in [0.717, 1.165) is 65.8 Å². The van der Waals surface area contributed by atoms with Crippen LogP contribution in [0.2, 0.25) is 25.7 Å². The van der Waals surface area contributed by atoms with Crippen LogP contribution in [0.25, 0.3) is 28.0 Å². The van der Waals surface area contributed by atoms with Crippen LogP contribution in [-0.2, 0) is 11.5 Å². The second kappa shape index (κ2) is 11.4. The molecule has 0 radical (unpaired) electrons. The Kier molecular flexibility index (Phi) is 7.90. The number of benzene rings is 1. The predicted octanol–water partition coefficient (Wildman–Crippen LogP) is 5.84. The molecule has 8 nitrogen and oxygen atoms in total.